The Bertz CT molecular complexity index is 361. The molecule has 1 aliphatic carbocycles. The van der Waals surface area contributed by atoms with Crippen molar-refractivity contribution in [3.8, 4) is 11.5 Å². The average Bonchev–Trinajstić information content (AvgIpc) is 2.18. The Hall–Kier alpha value is -1.22. The van der Waals surface area contributed by atoms with Crippen molar-refractivity contribution in [2.75, 3.05) is 6.61 Å². The number of nitrogens with two attached hydrogens (primary N) is 1. The smallest absolute Gasteiger partial charge is 0.162 e. The summed E-state index contributed by atoms with van der Waals surface area (Å²) in [4.78, 5) is 0. The second-order valence-corrected chi connectivity index (χ2v) is 4.34. The van der Waals surface area contributed by atoms with Gasteiger partial charge < -0.3 is 15.6 Å². The molecule has 0 bridgehead atoms. The van der Waals surface area contributed by atoms with Gasteiger partial charge in [-0.05, 0) is 31.7 Å². The molecule has 1 atom stereocenters. The third-order valence-electron chi connectivity index (χ3n) is 3.35. The first-order valence-electron chi connectivity index (χ1n) is 5.94. The zero-order chi connectivity index (χ0) is 11.5. The van der Waals surface area contributed by atoms with Crippen molar-refractivity contribution in [2.24, 2.45) is 11.7 Å². The first-order chi connectivity index (χ1) is 7.74. The third-order valence-corrected chi connectivity index (χ3v) is 3.35. The maximum atomic E-state index is 10.1. The number of aromatic hydroxyl groups is 1. The topological polar surface area (TPSA) is 55.5 Å². The minimum Gasteiger partial charge on any atom is -0.504 e. The van der Waals surface area contributed by atoms with Crippen LogP contribution in [0.25, 0.3) is 0 Å². The fourth-order valence-corrected chi connectivity index (χ4v) is 2.13. The molecule has 3 nitrogen and oxygen atoms in total. The van der Waals surface area contributed by atoms with Crippen LogP contribution in [-0.4, -0.2) is 11.7 Å². The average molecular weight is 221 g/mol. The van der Waals surface area contributed by atoms with Crippen molar-refractivity contribution in [2.45, 2.75) is 32.2 Å². The highest BCUT2D eigenvalue weighted by molar-refractivity contribution is 5.47. The zero-order valence-corrected chi connectivity index (χ0v) is 9.65. The van der Waals surface area contributed by atoms with Gasteiger partial charge in [0.25, 0.3) is 0 Å². The molecule has 0 amide bonds. The van der Waals surface area contributed by atoms with E-state index in [-0.39, 0.29) is 11.8 Å². The monoisotopic (exact) mass is 221 g/mol. The summed E-state index contributed by atoms with van der Waals surface area (Å²) in [6.07, 6.45) is 3.59. The minimum atomic E-state index is -0.0610. The van der Waals surface area contributed by atoms with E-state index in [4.69, 9.17) is 10.5 Å². The van der Waals surface area contributed by atoms with Gasteiger partial charge in [0, 0.05) is 11.6 Å². The second-order valence-electron chi connectivity index (χ2n) is 4.34. The third kappa shape index (κ3) is 2.00. The van der Waals surface area contributed by atoms with Crippen LogP contribution >= 0.6 is 0 Å². The first-order valence-corrected chi connectivity index (χ1v) is 5.94. The SMILES string of the molecule is CCOc1cccc([C@@H](N)C2CCC2)c1O. The lowest BCUT2D eigenvalue weighted by molar-refractivity contribution is 0.257. The molecular weight excluding hydrogens is 202 g/mol. The number of phenolic OH excluding ortho intramolecular Hbond substituents is 1. The Labute approximate surface area is 96.2 Å². The molecule has 1 fully saturated rings. The molecule has 3 heteroatoms. The number of benzene rings is 1. The van der Waals surface area contributed by atoms with Gasteiger partial charge in [-0.15, -0.1) is 0 Å². The van der Waals surface area contributed by atoms with Crippen LogP contribution in [0.15, 0.2) is 18.2 Å². The van der Waals surface area contributed by atoms with Gasteiger partial charge >= 0.3 is 0 Å². The molecule has 3 N–H and O–H groups in total. The molecule has 16 heavy (non-hydrogen) atoms. The van der Waals surface area contributed by atoms with Gasteiger partial charge in [-0.2, -0.15) is 0 Å². The number of hydrogen-bond donors (Lipinski definition) is 2. The number of para-hydroxylation sites is 1. The van der Waals surface area contributed by atoms with Gasteiger partial charge in [-0.25, -0.2) is 0 Å². The Morgan fingerprint density at radius 2 is 2.25 bits per heavy atom. The highest BCUT2D eigenvalue weighted by Crippen LogP contribution is 2.41. The van der Waals surface area contributed by atoms with Crippen molar-refractivity contribution in [1.29, 1.82) is 0 Å². The molecule has 0 aromatic heterocycles. The summed E-state index contributed by atoms with van der Waals surface area (Å²) in [5.74, 6) is 1.27. The van der Waals surface area contributed by atoms with Crippen LogP contribution in [0, 0.1) is 5.92 Å². The zero-order valence-electron chi connectivity index (χ0n) is 9.65. The molecule has 0 spiro atoms. The van der Waals surface area contributed by atoms with Crippen LogP contribution in [0.3, 0.4) is 0 Å². The first kappa shape index (κ1) is 11.3. The number of rotatable bonds is 4. The summed E-state index contributed by atoms with van der Waals surface area (Å²) >= 11 is 0. The summed E-state index contributed by atoms with van der Waals surface area (Å²) in [5, 5.41) is 10.1. The Kier molecular flexibility index (Phi) is 3.34. The number of hydrogen-bond acceptors (Lipinski definition) is 3. The van der Waals surface area contributed by atoms with Gasteiger partial charge in [-0.1, -0.05) is 18.6 Å². The maximum Gasteiger partial charge on any atom is 0.162 e. The molecule has 1 aliphatic rings. The van der Waals surface area contributed by atoms with E-state index in [0.717, 1.165) is 5.56 Å². The van der Waals surface area contributed by atoms with Crippen molar-refractivity contribution >= 4 is 0 Å². The standard InChI is InChI=1S/C13H19NO2/c1-2-16-11-8-4-7-10(13(11)15)12(14)9-5-3-6-9/h4,7-9,12,15H,2-3,5-6,14H2,1H3/t12-/m0/s1. The number of phenols is 1. The predicted molar refractivity (Wildman–Crippen MR) is 63.5 cm³/mol. The molecule has 0 radical (unpaired) electrons. The highest BCUT2D eigenvalue weighted by Gasteiger charge is 2.27. The largest absolute Gasteiger partial charge is 0.504 e. The van der Waals surface area contributed by atoms with Gasteiger partial charge in [0.15, 0.2) is 11.5 Å². The van der Waals surface area contributed by atoms with Crippen LogP contribution in [-0.2, 0) is 0 Å². The fraction of sp³-hybridized carbons (Fsp3) is 0.538. The quantitative estimate of drug-likeness (QED) is 0.821. The molecule has 2 rings (SSSR count). The second kappa shape index (κ2) is 4.74. The molecule has 1 aromatic carbocycles. The van der Waals surface area contributed by atoms with Crippen LogP contribution in [0.5, 0.6) is 11.5 Å². The lowest BCUT2D eigenvalue weighted by Crippen LogP contribution is -2.26. The minimum absolute atomic E-state index is 0.0610. The van der Waals surface area contributed by atoms with E-state index >= 15 is 0 Å². The van der Waals surface area contributed by atoms with E-state index in [2.05, 4.69) is 0 Å². The maximum absolute atomic E-state index is 10.1. The molecule has 0 aliphatic heterocycles. The van der Waals surface area contributed by atoms with Crippen molar-refractivity contribution < 1.29 is 9.84 Å². The Morgan fingerprint density at radius 1 is 1.50 bits per heavy atom. The molecule has 88 valence electrons. The fourth-order valence-electron chi connectivity index (χ4n) is 2.13. The summed E-state index contributed by atoms with van der Waals surface area (Å²) in [7, 11) is 0. The van der Waals surface area contributed by atoms with Crippen LogP contribution < -0.4 is 10.5 Å². The lowest BCUT2D eigenvalue weighted by Gasteiger charge is -2.31. The van der Waals surface area contributed by atoms with E-state index in [0.29, 0.717) is 18.3 Å². The summed E-state index contributed by atoms with van der Waals surface area (Å²) in [6.45, 7) is 2.45. The normalized spacial score (nSPS) is 17.9. The van der Waals surface area contributed by atoms with Gasteiger partial charge in [0.1, 0.15) is 0 Å². The van der Waals surface area contributed by atoms with Gasteiger partial charge in [0.2, 0.25) is 0 Å². The van der Waals surface area contributed by atoms with Gasteiger partial charge in [-0.3, -0.25) is 0 Å². The van der Waals surface area contributed by atoms with Crippen molar-refractivity contribution in [3.63, 3.8) is 0 Å². The van der Waals surface area contributed by atoms with E-state index in [9.17, 15) is 5.11 Å². The van der Waals surface area contributed by atoms with Crippen LogP contribution in [0.2, 0.25) is 0 Å². The lowest BCUT2D eigenvalue weighted by atomic mass is 9.77. The van der Waals surface area contributed by atoms with Crippen LogP contribution in [0.4, 0.5) is 0 Å². The Balaban J connectivity index is 2.22. The molecular formula is C13H19NO2. The summed E-state index contributed by atoms with van der Waals surface area (Å²) < 4.78 is 5.35. The highest BCUT2D eigenvalue weighted by atomic mass is 16.5. The Morgan fingerprint density at radius 3 is 2.81 bits per heavy atom. The van der Waals surface area contributed by atoms with Crippen molar-refractivity contribution in [1.82, 2.24) is 0 Å². The van der Waals surface area contributed by atoms with E-state index < -0.39 is 0 Å². The molecule has 0 heterocycles. The van der Waals surface area contributed by atoms with Crippen LogP contribution in [0.1, 0.15) is 37.8 Å². The predicted octanol–water partition coefficient (Wildman–Crippen LogP) is 2.59. The molecule has 1 aromatic rings. The summed E-state index contributed by atoms with van der Waals surface area (Å²) in [6, 6.07) is 5.49. The molecule has 0 unspecified atom stereocenters. The van der Waals surface area contributed by atoms with Gasteiger partial charge in [0.05, 0.1) is 6.61 Å². The van der Waals surface area contributed by atoms with E-state index in [1.807, 2.05) is 19.1 Å². The number of ether oxygens (including phenoxy) is 1. The summed E-state index contributed by atoms with van der Waals surface area (Å²) in [5.41, 5.74) is 6.97. The molecule has 1 saturated carbocycles. The van der Waals surface area contributed by atoms with Crippen molar-refractivity contribution in [3.05, 3.63) is 23.8 Å². The van der Waals surface area contributed by atoms with E-state index in [1.165, 1.54) is 19.3 Å². The molecule has 0 saturated heterocycles. The van der Waals surface area contributed by atoms with E-state index in [1.54, 1.807) is 6.07 Å².